The number of unbranched alkanes of at least 4 members (excludes halogenated alkanes) is 23. The minimum absolute atomic E-state index is 0.230. The van der Waals surface area contributed by atoms with Crippen LogP contribution in [0.25, 0.3) is 0 Å². The van der Waals surface area contributed by atoms with E-state index in [2.05, 4.69) is 35.5 Å². The molecule has 7 N–H and O–H groups in total. The highest BCUT2D eigenvalue weighted by atomic mass is 32.3. The molecule has 1 amide bonds. The van der Waals surface area contributed by atoms with Crippen LogP contribution in [0.2, 0.25) is 0 Å². The molecule has 58 heavy (non-hydrogen) atoms. The van der Waals surface area contributed by atoms with E-state index in [9.17, 15) is 38.7 Å². The molecular weight excluding hydrogens is 767 g/mol. The summed E-state index contributed by atoms with van der Waals surface area (Å²) in [7, 11) is -5.12. The lowest BCUT2D eigenvalue weighted by molar-refractivity contribution is -0.298. The highest BCUT2D eigenvalue weighted by molar-refractivity contribution is 7.80. The molecule has 1 heterocycles. The van der Waals surface area contributed by atoms with Gasteiger partial charge in [0.05, 0.1) is 25.4 Å². The smallest absolute Gasteiger partial charge is 0.394 e. The molecular formula is C44H83NO12S. The van der Waals surface area contributed by atoms with Crippen LogP contribution in [0, 0.1) is 0 Å². The van der Waals surface area contributed by atoms with Gasteiger partial charge in [-0.15, -0.1) is 0 Å². The van der Waals surface area contributed by atoms with Crippen LogP contribution >= 0.6 is 0 Å². The van der Waals surface area contributed by atoms with Crippen molar-refractivity contribution >= 4 is 16.3 Å². The van der Waals surface area contributed by atoms with Crippen molar-refractivity contribution in [3.8, 4) is 0 Å². The molecule has 1 saturated heterocycles. The first kappa shape index (κ1) is 54.6. The molecule has 8 unspecified atom stereocenters. The second kappa shape index (κ2) is 35.2. The van der Waals surface area contributed by atoms with Gasteiger partial charge in [0.25, 0.3) is 0 Å². The van der Waals surface area contributed by atoms with E-state index in [4.69, 9.17) is 14.0 Å². The Balaban J connectivity index is 2.62. The molecule has 1 rings (SSSR count). The zero-order chi connectivity index (χ0) is 42.9. The molecule has 342 valence electrons. The third kappa shape index (κ3) is 27.4. The normalized spacial score (nSPS) is 21.8. The van der Waals surface area contributed by atoms with Crippen LogP contribution in [-0.4, -0.2) is 107 Å². The number of allylic oxidation sites excluding steroid dienone is 3. The summed E-state index contributed by atoms with van der Waals surface area (Å²) in [6, 6.07) is -1.12. The summed E-state index contributed by atoms with van der Waals surface area (Å²) < 4.78 is 47.4. The number of ether oxygens (including phenoxy) is 2. The van der Waals surface area contributed by atoms with E-state index in [1.807, 2.05) is 6.08 Å². The molecule has 0 saturated carbocycles. The lowest BCUT2D eigenvalue weighted by atomic mass is 9.99. The first-order chi connectivity index (χ1) is 27.9. The lowest BCUT2D eigenvalue weighted by Crippen LogP contribution is -2.61. The van der Waals surface area contributed by atoms with Gasteiger partial charge in [-0.1, -0.05) is 167 Å². The van der Waals surface area contributed by atoms with Crippen molar-refractivity contribution in [1.29, 1.82) is 0 Å². The molecule has 14 heteroatoms. The monoisotopic (exact) mass is 850 g/mol. The predicted molar refractivity (Wildman–Crippen MR) is 228 cm³/mol. The first-order valence-electron chi connectivity index (χ1n) is 22.8. The number of carbonyl (C=O) groups is 1. The Labute approximate surface area is 351 Å². The lowest BCUT2D eigenvalue weighted by Gasteiger charge is -2.41. The molecule has 13 nitrogen and oxygen atoms in total. The van der Waals surface area contributed by atoms with E-state index in [0.717, 1.165) is 51.4 Å². The third-order valence-corrected chi connectivity index (χ3v) is 11.3. The fourth-order valence-electron chi connectivity index (χ4n) is 7.16. The number of hydrogen-bond donors (Lipinski definition) is 7. The van der Waals surface area contributed by atoms with Gasteiger partial charge in [0.1, 0.15) is 30.5 Å². The van der Waals surface area contributed by atoms with Gasteiger partial charge in [0.15, 0.2) is 6.29 Å². The van der Waals surface area contributed by atoms with E-state index < -0.39 is 78.5 Å². The number of amides is 1. The molecule has 1 aliphatic rings. The molecule has 0 aromatic rings. The maximum absolute atomic E-state index is 13.1. The molecule has 0 aromatic heterocycles. The molecule has 0 bridgehead atoms. The number of aliphatic hydroxyl groups excluding tert-OH is 5. The first-order valence-corrected chi connectivity index (χ1v) is 24.2. The van der Waals surface area contributed by atoms with Crippen molar-refractivity contribution in [3.63, 3.8) is 0 Å². The van der Waals surface area contributed by atoms with Gasteiger partial charge in [-0.25, -0.2) is 4.18 Å². The Kier molecular flexibility index (Phi) is 33.1. The zero-order valence-corrected chi connectivity index (χ0v) is 36.8. The molecule has 0 aromatic carbocycles. The summed E-state index contributed by atoms with van der Waals surface area (Å²) in [6.45, 7) is 3.20. The van der Waals surface area contributed by atoms with Crippen molar-refractivity contribution < 1.29 is 57.0 Å². The van der Waals surface area contributed by atoms with E-state index in [0.29, 0.717) is 12.8 Å². The minimum atomic E-state index is -5.12. The maximum atomic E-state index is 13.1. The van der Waals surface area contributed by atoms with Crippen LogP contribution in [0.4, 0.5) is 0 Å². The highest BCUT2D eigenvalue weighted by Crippen LogP contribution is 2.26. The van der Waals surface area contributed by atoms with Crippen LogP contribution in [0.1, 0.15) is 187 Å². The Hall–Kier alpha value is -1.46. The van der Waals surface area contributed by atoms with Crippen LogP contribution in [0.15, 0.2) is 24.3 Å². The maximum Gasteiger partial charge on any atom is 0.397 e. The van der Waals surface area contributed by atoms with Crippen molar-refractivity contribution in [2.45, 2.75) is 236 Å². The van der Waals surface area contributed by atoms with Gasteiger partial charge in [-0.05, 0) is 44.9 Å². The second-order valence-corrected chi connectivity index (χ2v) is 17.2. The SMILES string of the molecule is CCCCCCCCC/C=C\CCCCCCC(O)C(=O)NC(COC1OC(CO)C(O)C(OS(=O)(=O)O)C1O)C(O)/C=C/CCCCCCCCCCCCCC. The Morgan fingerprint density at radius 2 is 1.14 bits per heavy atom. The fraction of sp³-hybridized carbons (Fsp3) is 0.886. The number of nitrogens with one attached hydrogen (secondary N) is 1. The van der Waals surface area contributed by atoms with Gasteiger partial charge < -0.3 is 40.3 Å². The third-order valence-electron chi connectivity index (χ3n) is 10.8. The average Bonchev–Trinajstić information content (AvgIpc) is 3.19. The van der Waals surface area contributed by atoms with Crippen molar-refractivity contribution in [1.82, 2.24) is 5.32 Å². The van der Waals surface area contributed by atoms with Gasteiger partial charge in [0, 0.05) is 0 Å². The predicted octanol–water partition coefficient (Wildman–Crippen LogP) is 7.52. The standard InChI is InChI=1S/C44H83NO12S/c1-3-5-7-9-11-13-15-17-19-21-23-25-27-29-31-33-38(48)43(51)45-36(35-55-44-41(50)42(57-58(52,53)54)40(49)39(34-46)56-44)37(47)32-30-28-26-24-22-20-18-16-14-12-10-8-6-4-2/h19,21,30,32,36-42,44,46-50H,3-18,20,22-29,31,33-35H2,1-2H3,(H,45,51)(H,52,53,54)/b21-19-,32-30+. The van der Waals surface area contributed by atoms with Crippen LogP contribution < -0.4 is 5.32 Å². The Morgan fingerprint density at radius 1 is 0.690 bits per heavy atom. The fourth-order valence-corrected chi connectivity index (χ4v) is 7.67. The average molecular weight is 850 g/mol. The largest absolute Gasteiger partial charge is 0.397 e. The quantitative estimate of drug-likeness (QED) is 0.0183. The molecule has 8 atom stereocenters. The van der Waals surface area contributed by atoms with Gasteiger partial charge in [-0.2, -0.15) is 8.42 Å². The summed E-state index contributed by atoms with van der Waals surface area (Å²) in [6.07, 6.45) is 26.9. The van der Waals surface area contributed by atoms with E-state index in [-0.39, 0.29) is 6.42 Å². The van der Waals surface area contributed by atoms with Crippen molar-refractivity contribution in [2.75, 3.05) is 13.2 Å². The van der Waals surface area contributed by atoms with Crippen molar-refractivity contribution in [3.05, 3.63) is 24.3 Å². The second-order valence-electron chi connectivity index (χ2n) is 16.1. The van der Waals surface area contributed by atoms with Crippen LogP contribution in [-0.2, 0) is 28.9 Å². The number of carbonyl (C=O) groups excluding carboxylic acids is 1. The minimum Gasteiger partial charge on any atom is -0.394 e. The number of rotatable bonds is 38. The Morgan fingerprint density at radius 3 is 1.60 bits per heavy atom. The molecule has 0 aliphatic carbocycles. The van der Waals surface area contributed by atoms with E-state index in [1.165, 1.54) is 109 Å². The molecule has 1 fully saturated rings. The van der Waals surface area contributed by atoms with Gasteiger partial charge in [0.2, 0.25) is 5.91 Å². The van der Waals surface area contributed by atoms with Crippen LogP contribution in [0.3, 0.4) is 0 Å². The van der Waals surface area contributed by atoms with Gasteiger partial charge >= 0.3 is 10.4 Å². The summed E-state index contributed by atoms with van der Waals surface area (Å²) in [5.74, 6) is -0.711. The van der Waals surface area contributed by atoms with Gasteiger partial charge in [-0.3, -0.25) is 9.35 Å². The highest BCUT2D eigenvalue weighted by Gasteiger charge is 2.48. The summed E-state index contributed by atoms with van der Waals surface area (Å²) in [5, 5.41) is 55.1. The number of hydrogen-bond acceptors (Lipinski definition) is 11. The van der Waals surface area contributed by atoms with E-state index in [1.54, 1.807) is 0 Å². The number of aliphatic hydroxyl groups is 5. The van der Waals surface area contributed by atoms with Crippen LogP contribution in [0.5, 0.6) is 0 Å². The Bertz CT molecular complexity index is 1160. The topological polar surface area (TPSA) is 212 Å². The summed E-state index contributed by atoms with van der Waals surface area (Å²) in [4.78, 5) is 13.1. The molecule has 0 spiro atoms. The summed E-state index contributed by atoms with van der Waals surface area (Å²) >= 11 is 0. The molecule has 1 aliphatic heterocycles. The molecule has 0 radical (unpaired) electrons. The van der Waals surface area contributed by atoms with E-state index >= 15 is 0 Å². The van der Waals surface area contributed by atoms with Crippen molar-refractivity contribution in [2.24, 2.45) is 0 Å². The summed E-state index contributed by atoms with van der Waals surface area (Å²) in [5.41, 5.74) is 0. The zero-order valence-electron chi connectivity index (χ0n) is 36.0.